The summed E-state index contributed by atoms with van der Waals surface area (Å²) >= 11 is 0. The van der Waals surface area contributed by atoms with Crippen molar-refractivity contribution in [3.05, 3.63) is 65.2 Å². The Labute approximate surface area is 185 Å². The van der Waals surface area contributed by atoms with Crippen molar-refractivity contribution in [2.75, 3.05) is 14.1 Å². The zero-order valence-corrected chi connectivity index (χ0v) is 19.8. The highest BCUT2D eigenvalue weighted by Crippen LogP contribution is 2.31. The summed E-state index contributed by atoms with van der Waals surface area (Å²) in [4.78, 5) is 26.1. The second-order valence-electron chi connectivity index (χ2n) is 9.60. The van der Waals surface area contributed by atoms with Crippen LogP contribution in [0.4, 0.5) is 0 Å². The average Bonchev–Trinajstić information content (AvgIpc) is 2.64. The van der Waals surface area contributed by atoms with Gasteiger partial charge in [0.15, 0.2) is 5.78 Å². The summed E-state index contributed by atoms with van der Waals surface area (Å²) in [6, 6.07) is 12.2. The maximum absolute atomic E-state index is 12.6. The molecule has 5 heteroatoms. The lowest BCUT2D eigenvalue weighted by Crippen LogP contribution is -2.24. The van der Waals surface area contributed by atoms with Gasteiger partial charge in [-0.2, -0.15) is 0 Å². The van der Waals surface area contributed by atoms with Crippen LogP contribution >= 0.6 is 0 Å². The zero-order valence-electron chi connectivity index (χ0n) is 19.8. The largest absolute Gasteiger partial charge is 0.488 e. The average molecular weight is 424 g/mol. The zero-order chi connectivity index (χ0) is 23.4. The summed E-state index contributed by atoms with van der Waals surface area (Å²) in [5, 5.41) is 0. The molecular weight excluding hydrogens is 390 g/mol. The molecule has 0 N–H and O–H groups in total. The van der Waals surface area contributed by atoms with Crippen molar-refractivity contribution in [2.45, 2.75) is 52.7 Å². The lowest BCUT2D eigenvalue weighted by Gasteiger charge is -2.25. The van der Waals surface area contributed by atoms with Gasteiger partial charge in [-0.1, -0.05) is 12.1 Å². The van der Waals surface area contributed by atoms with E-state index in [1.165, 1.54) is 11.0 Å². The predicted molar refractivity (Wildman–Crippen MR) is 125 cm³/mol. The van der Waals surface area contributed by atoms with Crippen LogP contribution in [0.3, 0.4) is 0 Å². The maximum atomic E-state index is 12.6. The smallest absolute Gasteiger partial charge is 0.253 e. The van der Waals surface area contributed by atoms with Gasteiger partial charge in [0.1, 0.15) is 22.7 Å². The Bertz CT molecular complexity index is 958. The second-order valence-corrected chi connectivity index (χ2v) is 9.60. The van der Waals surface area contributed by atoms with Crippen molar-refractivity contribution < 1.29 is 19.1 Å². The van der Waals surface area contributed by atoms with Crippen molar-refractivity contribution >= 4 is 17.8 Å². The summed E-state index contributed by atoms with van der Waals surface area (Å²) in [5.74, 6) is 1.10. The number of nitrogens with zero attached hydrogens (tertiary/aromatic N) is 1. The minimum absolute atomic E-state index is 0.101. The van der Waals surface area contributed by atoms with E-state index in [-0.39, 0.29) is 17.3 Å². The monoisotopic (exact) mass is 423 g/mol. The summed E-state index contributed by atoms with van der Waals surface area (Å²) in [5.41, 5.74) is 1.11. The van der Waals surface area contributed by atoms with E-state index in [1.54, 1.807) is 44.4 Å². The summed E-state index contributed by atoms with van der Waals surface area (Å²) in [7, 11) is 3.39. The number of benzene rings is 2. The van der Waals surface area contributed by atoms with E-state index in [2.05, 4.69) is 0 Å². The van der Waals surface area contributed by atoms with Gasteiger partial charge in [-0.05, 0) is 78.0 Å². The van der Waals surface area contributed by atoms with Crippen molar-refractivity contribution in [2.24, 2.45) is 0 Å². The van der Waals surface area contributed by atoms with Crippen LogP contribution in [0.1, 0.15) is 67.8 Å². The molecule has 0 aliphatic heterocycles. The molecule has 0 heterocycles. The van der Waals surface area contributed by atoms with E-state index in [0.717, 1.165) is 5.56 Å². The summed E-state index contributed by atoms with van der Waals surface area (Å²) < 4.78 is 12.1. The molecule has 5 nitrogen and oxygen atoms in total. The van der Waals surface area contributed by atoms with Crippen LogP contribution < -0.4 is 9.47 Å². The van der Waals surface area contributed by atoms with Gasteiger partial charge in [0.2, 0.25) is 0 Å². The molecular formula is C26H33NO4. The van der Waals surface area contributed by atoms with Gasteiger partial charge in [-0.15, -0.1) is 0 Å². The molecule has 0 unspecified atom stereocenters. The van der Waals surface area contributed by atoms with E-state index < -0.39 is 5.60 Å². The maximum Gasteiger partial charge on any atom is 0.253 e. The molecule has 0 radical (unpaired) electrons. The Balaban J connectivity index is 2.27. The van der Waals surface area contributed by atoms with E-state index in [0.29, 0.717) is 22.6 Å². The Hall–Kier alpha value is -3.08. The van der Waals surface area contributed by atoms with Crippen LogP contribution in [0, 0.1) is 0 Å². The molecule has 0 aliphatic carbocycles. The number of amides is 1. The lowest BCUT2D eigenvalue weighted by molar-refractivity contribution is 0.0827. The molecule has 31 heavy (non-hydrogen) atoms. The first-order valence-electron chi connectivity index (χ1n) is 10.3. The van der Waals surface area contributed by atoms with Gasteiger partial charge in [-0.25, -0.2) is 0 Å². The van der Waals surface area contributed by atoms with Crippen molar-refractivity contribution in [1.82, 2.24) is 4.90 Å². The van der Waals surface area contributed by atoms with E-state index in [1.807, 2.05) is 59.7 Å². The van der Waals surface area contributed by atoms with Crippen LogP contribution in [0.2, 0.25) is 0 Å². The van der Waals surface area contributed by atoms with E-state index in [9.17, 15) is 9.59 Å². The first-order valence-corrected chi connectivity index (χ1v) is 10.3. The van der Waals surface area contributed by atoms with Gasteiger partial charge < -0.3 is 14.4 Å². The molecule has 0 aliphatic rings. The van der Waals surface area contributed by atoms with E-state index in [4.69, 9.17) is 9.47 Å². The van der Waals surface area contributed by atoms with Crippen LogP contribution in [-0.4, -0.2) is 41.9 Å². The number of carbonyl (C=O) groups is 2. The number of carbonyl (C=O) groups excluding carboxylic acids is 2. The first kappa shape index (κ1) is 24.2. The number of hydrogen-bond donors (Lipinski definition) is 0. The predicted octanol–water partition coefficient (Wildman–Crippen LogP) is 5.64. The molecule has 0 aromatic heterocycles. The highest BCUT2D eigenvalue weighted by molar-refractivity contribution is 6.07. The third-order valence-corrected chi connectivity index (χ3v) is 4.06. The van der Waals surface area contributed by atoms with Gasteiger partial charge in [0.05, 0.1) is 0 Å². The van der Waals surface area contributed by atoms with Gasteiger partial charge in [0.25, 0.3) is 5.91 Å². The van der Waals surface area contributed by atoms with Gasteiger partial charge in [-0.3, -0.25) is 9.59 Å². The van der Waals surface area contributed by atoms with Crippen LogP contribution in [-0.2, 0) is 0 Å². The standard InChI is InChI=1S/C26H33NO4/c1-25(2,3)30-21-15-13-19(23(17-21)31-26(4,5)6)14-16-22(28)18-9-11-20(12-10-18)24(29)27(7)8/h9-17H,1-8H3. The Morgan fingerprint density at radius 3 is 1.87 bits per heavy atom. The highest BCUT2D eigenvalue weighted by Gasteiger charge is 2.17. The van der Waals surface area contributed by atoms with Crippen LogP contribution in [0.25, 0.3) is 6.08 Å². The Kier molecular flexibility index (Phi) is 7.32. The Morgan fingerprint density at radius 2 is 1.35 bits per heavy atom. The molecule has 166 valence electrons. The minimum atomic E-state index is -0.401. The summed E-state index contributed by atoms with van der Waals surface area (Å²) in [6.45, 7) is 11.9. The number of allylic oxidation sites excluding steroid dienone is 1. The fourth-order valence-corrected chi connectivity index (χ4v) is 2.78. The molecule has 0 saturated heterocycles. The Morgan fingerprint density at radius 1 is 0.806 bits per heavy atom. The molecule has 2 rings (SSSR count). The van der Waals surface area contributed by atoms with Gasteiger partial charge >= 0.3 is 0 Å². The molecule has 0 fully saturated rings. The third-order valence-electron chi connectivity index (χ3n) is 4.06. The molecule has 0 spiro atoms. The molecule has 0 saturated carbocycles. The molecule has 0 bridgehead atoms. The number of hydrogen-bond acceptors (Lipinski definition) is 4. The third kappa shape index (κ3) is 7.59. The fraction of sp³-hybridized carbons (Fsp3) is 0.385. The quantitative estimate of drug-likeness (QED) is 0.446. The highest BCUT2D eigenvalue weighted by atomic mass is 16.5. The fourth-order valence-electron chi connectivity index (χ4n) is 2.78. The van der Waals surface area contributed by atoms with Crippen molar-refractivity contribution in [3.8, 4) is 11.5 Å². The summed E-state index contributed by atoms with van der Waals surface area (Å²) in [6.07, 6.45) is 3.25. The van der Waals surface area contributed by atoms with Crippen molar-refractivity contribution in [1.29, 1.82) is 0 Å². The lowest BCUT2D eigenvalue weighted by atomic mass is 10.1. The van der Waals surface area contributed by atoms with Crippen LogP contribution in [0.5, 0.6) is 11.5 Å². The first-order chi connectivity index (χ1) is 14.2. The molecule has 0 atom stereocenters. The van der Waals surface area contributed by atoms with Crippen LogP contribution in [0.15, 0.2) is 48.5 Å². The van der Waals surface area contributed by atoms with E-state index >= 15 is 0 Å². The molecule has 2 aromatic carbocycles. The number of rotatable bonds is 6. The number of ether oxygens (including phenoxy) is 2. The molecule has 2 aromatic rings. The van der Waals surface area contributed by atoms with Gasteiger partial charge in [0, 0.05) is 36.9 Å². The minimum Gasteiger partial charge on any atom is -0.488 e. The normalized spacial score (nSPS) is 12.0. The second kappa shape index (κ2) is 9.38. The number of ketones is 1. The molecule has 1 amide bonds. The SMILES string of the molecule is CN(C)C(=O)c1ccc(C(=O)C=Cc2ccc(OC(C)(C)C)cc2OC(C)(C)C)cc1. The topological polar surface area (TPSA) is 55.8 Å². The van der Waals surface area contributed by atoms with Crippen molar-refractivity contribution in [3.63, 3.8) is 0 Å².